The van der Waals surface area contributed by atoms with Crippen LogP contribution in [0, 0.1) is 11.8 Å². The van der Waals surface area contributed by atoms with Gasteiger partial charge in [0, 0.05) is 10.6 Å². The molecule has 0 unspecified atom stereocenters. The normalized spacial score (nSPS) is 24.7. The number of benzene rings is 1. The predicted octanol–water partition coefficient (Wildman–Crippen LogP) is 3.12. The molecule has 1 saturated heterocycles. The van der Waals surface area contributed by atoms with E-state index in [1.54, 1.807) is 25.1 Å². The number of esters is 1. The summed E-state index contributed by atoms with van der Waals surface area (Å²) in [6.45, 7) is 1.39. The highest BCUT2D eigenvalue weighted by Gasteiger charge is 2.48. The predicted molar refractivity (Wildman–Crippen MR) is 88.1 cm³/mol. The number of nitrogens with zero attached hydrogens (tertiary/aromatic N) is 1. The van der Waals surface area contributed by atoms with Crippen LogP contribution in [0.1, 0.15) is 44.3 Å². The summed E-state index contributed by atoms with van der Waals surface area (Å²) < 4.78 is 5.36. The Hall–Kier alpha value is -1.88. The van der Waals surface area contributed by atoms with Crippen LogP contribution < -0.4 is 0 Å². The van der Waals surface area contributed by atoms with Gasteiger partial charge in [0.2, 0.25) is 11.8 Å². The van der Waals surface area contributed by atoms with E-state index in [1.165, 1.54) is 0 Å². The molecule has 0 bridgehead atoms. The van der Waals surface area contributed by atoms with Gasteiger partial charge in [0.05, 0.1) is 11.8 Å². The molecule has 1 saturated carbocycles. The maximum Gasteiger partial charge on any atom is 0.326 e. The summed E-state index contributed by atoms with van der Waals surface area (Å²) in [5.41, 5.74) is 0.695. The second-order valence-corrected chi connectivity index (χ2v) is 6.82. The number of carbonyl (C=O) groups excluding carboxylic acids is 3. The first kappa shape index (κ1) is 17.0. The molecule has 2 aliphatic rings. The second-order valence-electron chi connectivity index (χ2n) is 6.41. The number of carbonyl (C=O) groups is 3. The Morgan fingerprint density at radius 1 is 1.21 bits per heavy atom. The fraction of sp³-hybridized carbons (Fsp3) is 0.500. The van der Waals surface area contributed by atoms with Crippen LogP contribution >= 0.6 is 11.6 Å². The molecule has 6 heteroatoms. The minimum atomic E-state index is -0.595. The van der Waals surface area contributed by atoms with Gasteiger partial charge in [-0.05, 0) is 25.8 Å². The van der Waals surface area contributed by atoms with E-state index < -0.39 is 12.1 Å². The SMILES string of the molecule is C[C@H](OC(=O)CN1C(=O)[C@H]2CCCC[C@@H]2C1=O)c1ccccc1Cl. The zero-order valence-corrected chi connectivity index (χ0v) is 14.3. The standard InChI is InChI=1S/C18H20ClNO4/c1-11(12-6-4-5-9-15(12)19)24-16(21)10-20-17(22)13-7-2-3-8-14(13)18(20)23/h4-6,9,11,13-14H,2-3,7-8,10H2,1H3/t11-,13-,14-/m0/s1. The molecule has 0 aromatic heterocycles. The molecule has 5 nitrogen and oxygen atoms in total. The van der Waals surface area contributed by atoms with Crippen LogP contribution in [-0.4, -0.2) is 29.2 Å². The van der Waals surface area contributed by atoms with Crippen molar-refractivity contribution < 1.29 is 19.1 Å². The lowest BCUT2D eigenvalue weighted by molar-refractivity contribution is -0.156. The van der Waals surface area contributed by atoms with Gasteiger partial charge in [-0.25, -0.2) is 0 Å². The van der Waals surface area contributed by atoms with Crippen molar-refractivity contribution in [2.75, 3.05) is 6.54 Å². The summed E-state index contributed by atoms with van der Waals surface area (Å²) >= 11 is 6.09. The number of hydrogen-bond acceptors (Lipinski definition) is 4. The van der Waals surface area contributed by atoms with Crippen molar-refractivity contribution in [3.63, 3.8) is 0 Å². The fourth-order valence-corrected chi connectivity index (χ4v) is 3.91. The molecule has 128 valence electrons. The number of ether oxygens (including phenoxy) is 1. The molecule has 1 aliphatic carbocycles. The number of imide groups is 1. The van der Waals surface area contributed by atoms with Crippen molar-refractivity contribution in [1.29, 1.82) is 0 Å². The molecule has 1 aliphatic heterocycles. The minimum Gasteiger partial charge on any atom is -0.456 e. The summed E-state index contributed by atoms with van der Waals surface area (Å²) in [4.78, 5) is 38.0. The van der Waals surface area contributed by atoms with Gasteiger partial charge >= 0.3 is 5.97 Å². The average Bonchev–Trinajstić information content (AvgIpc) is 2.80. The Morgan fingerprint density at radius 2 is 1.79 bits per heavy atom. The molecule has 0 spiro atoms. The summed E-state index contributed by atoms with van der Waals surface area (Å²) in [6.07, 6.45) is 2.85. The number of likely N-dealkylation sites (tertiary alicyclic amines) is 1. The summed E-state index contributed by atoms with van der Waals surface area (Å²) in [6, 6.07) is 7.11. The van der Waals surface area contributed by atoms with Gasteiger partial charge in [0.15, 0.2) is 0 Å². The van der Waals surface area contributed by atoms with Crippen molar-refractivity contribution in [3.8, 4) is 0 Å². The van der Waals surface area contributed by atoms with E-state index in [0.29, 0.717) is 10.6 Å². The molecule has 1 aromatic carbocycles. The molecule has 1 aromatic rings. The third-order valence-electron chi connectivity index (χ3n) is 4.87. The number of rotatable bonds is 4. The monoisotopic (exact) mass is 349 g/mol. The molecule has 0 N–H and O–H groups in total. The van der Waals surface area contributed by atoms with Crippen LogP contribution in [0.3, 0.4) is 0 Å². The van der Waals surface area contributed by atoms with Gasteiger partial charge in [0.25, 0.3) is 0 Å². The summed E-state index contributed by atoms with van der Waals surface area (Å²) in [5.74, 6) is -1.55. The number of hydrogen-bond donors (Lipinski definition) is 0. The van der Waals surface area contributed by atoms with Crippen molar-refractivity contribution in [1.82, 2.24) is 4.90 Å². The fourth-order valence-electron chi connectivity index (χ4n) is 3.62. The minimum absolute atomic E-state index is 0.230. The first-order valence-electron chi connectivity index (χ1n) is 8.28. The first-order valence-corrected chi connectivity index (χ1v) is 8.66. The molecule has 1 heterocycles. The van der Waals surface area contributed by atoms with Gasteiger partial charge in [-0.2, -0.15) is 0 Å². The van der Waals surface area contributed by atoms with Gasteiger partial charge in [-0.3, -0.25) is 19.3 Å². The zero-order valence-electron chi connectivity index (χ0n) is 13.5. The highest BCUT2D eigenvalue weighted by Crippen LogP contribution is 2.38. The Kier molecular flexibility index (Phi) is 4.90. The van der Waals surface area contributed by atoms with Gasteiger partial charge in [0.1, 0.15) is 12.6 Å². The highest BCUT2D eigenvalue weighted by atomic mass is 35.5. The maximum absolute atomic E-state index is 12.4. The van der Waals surface area contributed by atoms with E-state index in [9.17, 15) is 14.4 Å². The highest BCUT2D eigenvalue weighted by molar-refractivity contribution is 6.31. The van der Waals surface area contributed by atoms with Gasteiger partial charge in [-0.1, -0.05) is 42.6 Å². The molecule has 2 amide bonds. The average molecular weight is 350 g/mol. The van der Waals surface area contributed by atoms with E-state index in [4.69, 9.17) is 16.3 Å². The Labute approximate surface area is 145 Å². The third kappa shape index (κ3) is 3.18. The van der Waals surface area contributed by atoms with Crippen molar-refractivity contribution in [2.24, 2.45) is 11.8 Å². The Bertz CT molecular complexity index is 651. The van der Waals surface area contributed by atoms with Crippen molar-refractivity contribution in [2.45, 2.75) is 38.7 Å². The molecule has 3 rings (SSSR count). The Morgan fingerprint density at radius 3 is 2.38 bits per heavy atom. The van der Waals surface area contributed by atoms with E-state index in [-0.39, 0.29) is 30.2 Å². The van der Waals surface area contributed by atoms with Gasteiger partial charge < -0.3 is 4.74 Å². The van der Waals surface area contributed by atoms with Crippen molar-refractivity contribution >= 4 is 29.4 Å². The second kappa shape index (κ2) is 6.93. The van der Waals surface area contributed by atoms with E-state index in [1.807, 2.05) is 6.07 Å². The van der Waals surface area contributed by atoms with Gasteiger partial charge in [-0.15, -0.1) is 0 Å². The van der Waals surface area contributed by atoms with Crippen LogP contribution in [0.15, 0.2) is 24.3 Å². The third-order valence-corrected chi connectivity index (χ3v) is 5.22. The zero-order chi connectivity index (χ0) is 17.3. The van der Waals surface area contributed by atoms with Crippen LogP contribution in [0.4, 0.5) is 0 Å². The number of fused-ring (bicyclic) bond motifs is 1. The van der Waals surface area contributed by atoms with Crippen LogP contribution in [-0.2, 0) is 19.1 Å². The van der Waals surface area contributed by atoms with E-state index in [0.717, 1.165) is 30.6 Å². The molecule has 24 heavy (non-hydrogen) atoms. The van der Waals surface area contributed by atoms with Crippen molar-refractivity contribution in [3.05, 3.63) is 34.9 Å². The topological polar surface area (TPSA) is 63.7 Å². The van der Waals surface area contributed by atoms with E-state index >= 15 is 0 Å². The lowest BCUT2D eigenvalue weighted by Gasteiger charge is -2.19. The summed E-state index contributed by atoms with van der Waals surface area (Å²) in [5, 5.41) is 0.511. The number of amides is 2. The molecule has 2 fully saturated rings. The van der Waals surface area contributed by atoms with Crippen LogP contribution in [0.5, 0.6) is 0 Å². The maximum atomic E-state index is 12.4. The molecular formula is C18H20ClNO4. The largest absolute Gasteiger partial charge is 0.456 e. The molecular weight excluding hydrogens is 330 g/mol. The summed E-state index contributed by atoms with van der Waals surface area (Å²) in [7, 11) is 0. The van der Waals surface area contributed by atoms with Crippen LogP contribution in [0.25, 0.3) is 0 Å². The lowest BCUT2D eigenvalue weighted by Crippen LogP contribution is -2.37. The smallest absolute Gasteiger partial charge is 0.326 e. The Balaban J connectivity index is 1.63. The first-order chi connectivity index (χ1) is 11.5. The number of halogens is 1. The molecule has 3 atom stereocenters. The van der Waals surface area contributed by atoms with E-state index in [2.05, 4.69) is 0 Å². The van der Waals surface area contributed by atoms with Crippen LogP contribution in [0.2, 0.25) is 5.02 Å². The lowest BCUT2D eigenvalue weighted by atomic mass is 9.81. The quantitative estimate of drug-likeness (QED) is 0.619. The molecule has 0 radical (unpaired) electrons.